The van der Waals surface area contributed by atoms with Crippen LogP contribution < -0.4 is 10.1 Å². The Morgan fingerprint density at radius 1 is 1.55 bits per heavy atom. The van der Waals surface area contributed by atoms with Crippen molar-refractivity contribution >= 4 is 23.6 Å². The van der Waals surface area contributed by atoms with Crippen molar-refractivity contribution in [3.8, 4) is 5.75 Å². The summed E-state index contributed by atoms with van der Waals surface area (Å²) in [5, 5.41) is 12.7. The highest BCUT2D eigenvalue weighted by Gasteiger charge is 2.05. The van der Waals surface area contributed by atoms with Gasteiger partial charge in [-0.1, -0.05) is 24.9 Å². The van der Waals surface area contributed by atoms with Crippen LogP contribution in [0.3, 0.4) is 0 Å². The predicted molar refractivity (Wildman–Crippen MR) is 81.0 cm³/mol. The standard InChI is InChI=1S/C15H20ClNO3/c1-3-4-13(18)10-17-15(19)8-5-11-9-12(16)6-7-14(11)20-2/h5-9,13,18H,3-4,10H2,1-2H3,(H,17,19)/b8-5+. The number of benzene rings is 1. The summed E-state index contributed by atoms with van der Waals surface area (Å²) in [6.45, 7) is 2.24. The van der Waals surface area contributed by atoms with E-state index in [4.69, 9.17) is 16.3 Å². The second kappa shape index (κ2) is 8.61. The van der Waals surface area contributed by atoms with Gasteiger partial charge >= 0.3 is 0 Å². The summed E-state index contributed by atoms with van der Waals surface area (Å²) < 4.78 is 5.18. The van der Waals surface area contributed by atoms with Crippen molar-refractivity contribution in [3.63, 3.8) is 0 Å². The number of amides is 1. The third kappa shape index (κ3) is 5.63. The fraction of sp³-hybridized carbons (Fsp3) is 0.400. The van der Waals surface area contributed by atoms with Gasteiger partial charge in [-0.3, -0.25) is 4.79 Å². The number of halogens is 1. The number of hydrogen-bond acceptors (Lipinski definition) is 3. The summed E-state index contributed by atoms with van der Waals surface area (Å²) in [4.78, 5) is 11.6. The van der Waals surface area contributed by atoms with Crippen LogP contribution in [0.15, 0.2) is 24.3 Å². The minimum absolute atomic E-state index is 0.254. The monoisotopic (exact) mass is 297 g/mol. The number of hydrogen-bond donors (Lipinski definition) is 2. The van der Waals surface area contributed by atoms with E-state index in [-0.39, 0.29) is 12.5 Å². The smallest absolute Gasteiger partial charge is 0.244 e. The Morgan fingerprint density at radius 3 is 2.95 bits per heavy atom. The maximum Gasteiger partial charge on any atom is 0.244 e. The Balaban J connectivity index is 2.59. The molecule has 0 bridgehead atoms. The van der Waals surface area contributed by atoms with E-state index in [9.17, 15) is 9.90 Å². The van der Waals surface area contributed by atoms with Crippen molar-refractivity contribution < 1.29 is 14.6 Å². The molecule has 0 fully saturated rings. The molecule has 20 heavy (non-hydrogen) atoms. The number of aliphatic hydroxyl groups excluding tert-OH is 1. The number of carbonyl (C=O) groups is 1. The molecule has 5 heteroatoms. The first-order valence-electron chi connectivity index (χ1n) is 6.54. The maximum atomic E-state index is 11.6. The Labute approximate surface area is 124 Å². The molecule has 0 saturated heterocycles. The molecule has 0 radical (unpaired) electrons. The summed E-state index contributed by atoms with van der Waals surface area (Å²) in [5.74, 6) is 0.381. The largest absolute Gasteiger partial charge is 0.496 e. The van der Waals surface area contributed by atoms with Crippen LogP contribution in [0.5, 0.6) is 5.75 Å². The summed E-state index contributed by atoms with van der Waals surface area (Å²) >= 11 is 5.90. The lowest BCUT2D eigenvalue weighted by Gasteiger charge is -2.09. The lowest BCUT2D eigenvalue weighted by atomic mass is 10.2. The van der Waals surface area contributed by atoms with E-state index in [1.165, 1.54) is 6.08 Å². The molecule has 1 amide bonds. The van der Waals surface area contributed by atoms with Crippen LogP contribution in [0.1, 0.15) is 25.3 Å². The van der Waals surface area contributed by atoms with Crippen molar-refractivity contribution in [1.82, 2.24) is 5.32 Å². The lowest BCUT2D eigenvalue weighted by Crippen LogP contribution is -2.30. The quantitative estimate of drug-likeness (QED) is 0.761. The van der Waals surface area contributed by atoms with Gasteiger partial charge in [0, 0.05) is 23.2 Å². The molecular formula is C15H20ClNO3. The van der Waals surface area contributed by atoms with Crippen molar-refractivity contribution in [2.45, 2.75) is 25.9 Å². The first kappa shape index (κ1) is 16.5. The molecule has 4 nitrogen and oxygen atoms in total. The molecule has 1 rings (SSSR count). The van der Waals surface area contributed by atoms with Gasteiger partial charge in [0.15, 0.2) is 0 Å². The molecule has 1 unspecified atom stereocenters. The predicted octanol–water partition coefficient (Wildman–Crippen LogP) is 2.64. The first-order valence-corrected chi connectivity index (χ1v) is 6.92. The first-order chi connectivity index (χ1) is 9.56. The average molecular weight is 298 g/mol. The number of nitrogens with one attached hydrogen (secondary N) is 1. The van der Waals surface area contributed by atoms with Crippen LogP contribution in [-0.4, -0.2) is 30.8 Å². The van der Waals surface area contributed by atoms with E-state index in [0.29, 0.717) is 17.2 Å². The summed E-state index contributed by atoms with van der Waals surface area (Å²) in [6.07, 6.45) is 4.08. The fourth-order valence-corrected chi connectivity index (χ4v) is 1.89. The number of rotatable bonds is 7. The average Bonchev–Trinajstić information content (AvgIpc) is 2.43. The second-order valence-corrected chi connectivity index (χ2v) is 4.84. The zero-order valence-corrected chi connectivity index (χ0v) is 12.5. The zero-order chi connectivity index (χ0) is 15.0. The van der Waals surface area contributed by atoms with Crippen LogP contribution in [-0.2, 0) is 4.79 Å². The summed E-state index contributed by atoms with van der Waals surface area (Å²) in [6, 6.07) is 5.18. The van der Waals surface area contributed by atoms with Gasteiger partial charge in [-0.25, -0.2) is 0 Å². The number of ether oxygens (including phenoxy) is 1. The van der Waals surface area contributed by atoms with E-state index in [0.717, 1.165) is 12.0 Å². The summed E-state index contributed by atoms with van der Waals surface area (Å²) in [5.41, 5.74) is 0.726. The third-order valence-electron chi connectivity index (χ3n) is 2.74. The molecular weight excluding hydrogens is 278 g/mol. The molecule has 0 aliphatic heterocycles. The topological polar surface area (TPSA) is 58.6 Å². The Morgan fingerprint density at radius 2 is 2.30 bits per heavy atom. The molecule has 0 aromatic heterocycles. The molecule has 0 saturated carbocycles. The zero-order valence-electron chi connectivity index (χ0n) is 11.7. The van der Waals surface area contributed by atoms with E-state index in [1.807, 2.05) is 6.92 Å². The van der Waals surface area contributed by atoms with Crippen LogP contribution in [0, 0.1) is 0 Å². The molecule has 1 aromatic rings. The molecule has 110 valence electrons. The van der Waals surface area contributed by atoms with E-state index < -0.39 is 6.10 Å². The SMILES string of the molecule is CCCC(O)CNC(=O)/C=C/c1cc(Cl)ccc1OC. The van der Waals surface area contributed by atoms with Crippen LogP contribution in [0.4, 0.5) is 0 Å². The third-order valence-corrected chi connectivity index (χ3v) is 2.97. The molecule has 0 spiro atoms. The van der Waals surface area contributed by atoms with Crippen molar-refractivity contribution in [2.75, 3.05) is 13.7 Å². The van der Waals surface area contributed by atoms with Crippen LogP contribution >= 0.6 is 11.6 Å². The molecule has 1 aromatic carbocycles. The van der Waals surface area contributed by atoms with Crippen molar-refractivity contribution in [2.24, 2.45) is 0 Å². The van der Waals surface area contributed by atoms with E-state index in [1.54, 1.807) is 31.4 Å². The maximum absolute atomic E-state index is 11.6. The fourth-order valence-electron chi connectivity index (χ4n) is 1.71. The van der Waals surface area contributed by atoms with Crippen molar-refractivity contribution in [3.05, 3.63) is 34.9 Å². The van der Waals surface area contributed by atoms with Gasteiger partial charge in [-0.2, -0.15) is 0 Å². The Kier molecular flexibility index (Phi) is 7.12. The Bertz CT molecular complexity index is 474. The number of methoxy groups -OCH3 is 1. The minimum atomic E-state index is -0.502. The van der Waals surface area contributed by atoms with Gasteiger partial charge in [-0.15, -0.1) is 0 Å². The molecule has 2 N–H and O–H groups in total. The molecule has 0 heterocycles. The van der Waals surface area contributed by atoms with Gasteiger partial charge < -0.3 is 15.2 Å². The van der Waals surface area contributed by atoms with Gasteiger partial charge in [-0.05, 0) is 30.7 Å². The van der Waals surface area contributed by atoms with Crippen LogP contribution in [0.25, 0.3) is 6.08 Å². The van der Waals surface area contributed by atoms with E-state index in [2.05, 4.69) is 5.32 Å². The summed E-state index contributed by atoms with van der Waals surface area (Å²) in [7, 11) is 1.56. The minimum Gasteiger partial charge on any atom is -0.496 e. The number of carbonyl (C=O) groups excluding carboxylic acids is 1. The van der Waals surface area contributed by atoms with Crippen molar-refractivity contribution in [1.29, 1.82) is 0 Å². The van der Waals surface area contributed by atoms with Gasteiger partial charge in [0.25, 0.3) is 0 Å². The number of aliphatic hydroxyl groups is 1. The Hall–Kier alpha value is -1.52. The van der Waals surface area contributed by atoms with E-state index >= 15 is 0 Å². The highest BCUT2D eigenvalue weighted by molar-refractivity contribution is 6.30. The molecule has 0 aliphatic rings. The molecule has 0 aliphatic carbocycles. The normalized spacial score (nSPS) is 12.4. The molecule has 1 atom stereocenters. The van der Waals surface area contributed by atoms with Gasteiger partial charge in [0.2, 0.25) is 5.91 Å². The lowest BCUT2D eigenvalue weighted by molar-refractivity contribution is -0.116. The second-order valence-electron chi connectivity index (χ2n) is 4.41. The van der Waals surface area contributed by atoms with Gasteiger partial charge in [0.1, 0.15) is 5.75 Å². The van der Waals surface area contributed by atoms with Crippen LogP contribution in [0.2, 0.25) is 5.02 Å². The highest BCUT2D eigenvalue weighted by Crippen LogP contribution is 2.23. The highest BCUT2D eigenvalue weighted by atomic mass is 35.5. The van der Waals surface area contributed by atoms with Gasteiger partial charge in [0.05, 0.1) is 13.2 Å².